The van der Waals surface area contributed by atoms with Crippen molar-refractivity contribution in [3.63, 3.8) is 0 Å². The molecule has 0 fully saturated rings. The highest BCUT2D eigenvalue weighted by molar-refractivity contribution is 7.90. The van der Waals surface area contributed by atoms with Crippen molar-refractivity contribution >= 4 is 50.9 Å². The summed E-state index contributed by atoms with van der Waals surface area (Å²) in [7, 11) is -3.54. The molecule has 5 N–H and O–H groups in total. The molecule has 0 aliphatic heterocycles. The van der Waals surface area contributed by atoms with Gasteiger partial charge in [0.15, 0.2) is 9.84 Å². The van der Waals surface area contributed by atoms with Gasteiger partial charge in [0.05, 0.1) is 10.9 Å². The van der Waals surface area contributed by atoms with Gasteiger partial charge in [0, 0.05) is 29.1 Å². The normalized spacial score (nSPS) is 12.0. The molecule has 1 aromatic heterocycles. The summed E-state index contributed by atoms with van der Waals surface area (Å²) in [6.07, 6.45) is 0.290. The number of carbonyl (C=O) groups is 2. The number of carboxylic acid groups (broad SMARTS) is 1. The third-order valence-corrected chi connectivity index (χ3v) is 7.57. The minimum absolute atomic E-state index is 0.0741. The average Bonchev–Trinajstić information content (AvgIpc) is 3.28. The number of H-pyrrole nitrogens is 1. The van der Waals surface area contributed by atoms with Crippen LogP contribution in [0.3, 0.4) is 0 Å². The van der Waals surface area contributed by atoms with Crippen molar-refractivity contribution in [1.29, 1.82) is 0 Å². The monoisotopic (exact) mass is 601 g/mol. The number of carbonyl (C=O) groups excluding carboxylic acids is 1. The first-order chi connectivity index (χ1) is 19.0. The molecule has 13 heteroatoms. The zero-order valence-corrected chi connectivity index (χ0v) is 23.4. The number of amides is 3. The first kappa shape index (κ1) is 28.9. The molecule has 4 aromatic rings. The van der Waals surface area contributed by atoms with Gasteiger partial charge in [-0.2, -0.15) is 0 Å². The fraction of sp³-hybridized carbons (Fsp3) is 0.148. The first-order valence-electron chi connectivity index (χ1n) is 11.9. The number of aromatic nitrogens is 2. The standard InChI is InChI=1S/C27H25Cl2N5O5S/c1-40(38,39)22-12-9-19(28)14-18(22)15-30-26(35)32-21(13-16-5-3-2-4-6-16)25-33-23(24(29)34-25)17-7-10-20(11-8-17)31-27(36)37/h2-12,14,21,31H,13,15H2,1H3,(H,33,34)(H,36,37)(H2,30,32,35). The zero-order chi connectivity index (χ0) is 28.9. The number of nitrogens with one attached hydrogen (secondary N) is 4. The quantitative estimate of drug-likeness (QED) is 0.167. The van der Waals surface area contributed by atoms with E-state index in [-0.39, 0.29) is 16.6 Å². The van der Waals surface area contributed by atoms with Crippen molar-refractivity contribution < 1.29 is 23.1 Å². The van der Waals surface area contributed by atoms with Crippen LogP contribution >= 0.6 is 23.2 Å². The Hall–Kier alpha value is -4.06. The van der Waals surface area contributed by atoms with Crippen LogP contribution in [0.4, 0.5) is 15.3 Å². The van der Waals surface area contributed by atoms with Gasteiger partial charge in [-0.1, -0.05) is 65.7 Å². The molecule has 3 amide bonds. The predicted molar refractivity (Wildman–Crippen MR) is 154 cm³/mol. The molecule has 0 radical (unpaired) electrons. The second-order valence-corrected chi connectivity index (χ2v) is 11.7. The Morgan fingerprint density at radius 2 is 1.73 bits per heavy atom. The van der Waals surface area contributed by atoms with Crippen LogP contribution in [-0.4, -0.2) is 41.9 Å². The SMILES string of the molecule is CS(=O)(=O)c1ccc(Cl)cc1CNC(=O)NC(Cc1ccccc1)c1nc(-c2ccc(NC(=O)O)cc2)c(Cl)[nH]1. The maximum atomic E-state index is 13.0. The van der Waals surface area contributed by atoms with Crippen molar-refractivity contribution in [3.05, 3.63) is 99.9 Å². The molecule has 208 valence electrons. The average molecular weight is 603 g/mol. The van der Waals surface area contributed by atoms with E-state index in [9.17, 15) is 18.0 Å². The summed E-state index contributed by atoms with van der Waals surface area (Å²) in [5.74, 6) is 0.395. The second kappa shape index (κ2) is 12.4. The molecule has 1 heterocycles. The summed E-state index contributed by atoms with van der Waals surface area (Å²) in [5.41, 5.74) is 2.74. The number of anilines is 1. The van der Waals surface area contributed by atoms with Gasteiger partial charge in [0.25, 0.3) is 0 Å². The molecule has 0 aliphatic carbocycles. The lowest BCUT2D eigenvalue weighted by Crippen LogP contribution is -2.39. The number of imidazole rings is 1. The number of aromatic amines is 1. The largest absolute Gasteiger partial charge is 0.465 e. The number of hydrogen-bond donors (Lipinski definition) is 5. The van der Waals surface area contributed by atoms with E-state index in [4.69, 9.17) is 28.3 Å². The highest BCUT2D eigenvalue weighted by Gasteiger charge is 2.22. The number of nitrogens with zero attached hydrogens (tertiary/aromatic N) is 1. The predicted octanol–water partition coefficient (Wildman–Crippen LogP) is 5.66. The van der Waals surface area contributed by atoms with Gasteiger partial charge in [-0.25, -0.2) is 23.0 Å². The summed E-state index contributed by atoms with van der Waals surface area (Å²) in [5, 5.41) is 17.3. The van der Waals surface area contributed by atoms with E-state index < -0.39 is 28.0 Å². The van der Waals surface area contributed by atoms with E-state index in [2.05, 4.69) is 25.9 Å². The minimum Gasteiger partial charge on any atom is -0.465 e. The van der Waals surface area contributed by atoms with Crippen LogP contribution < -0.4 is 16.0 Å². The van der Waals surface area contributed by atoms with Gasteiger partial charge in [-0.15, -0.1) is 0 Å². The maximum absolute atomic E-state index is 13.0. The molecule has 40 heavy (non-hydrogen) atoms. The van der Waals surface area contributed by atoms with Crippen LogP contribution in [0.1, 0.15) is 23.0 Å². The Labute approximate surface area is 240 Å². The van der Waals surface area contributed by atoms with Crippen LogP contribution in [0.2, 0.25) is 10.2 Å². The summed E-state index contributed by atoms with van der Waals surface area (Å²) in [6.45, 7) is -0.0757. The van der Waals surface area contributed by atoms with Gasteiger partial charge in [-0.05, 0) is 47.9 Å². The van der Waals surface area contributed by atoms with Crippen molar-refractivity contribution in [2.45, 2.75) is 23.9 Å². The van der Waals surface area contributed by atoms with Crippen LogP contribution in [-0.2, 0) is 22.8 Å². The number of rotatable bonds is 9. The molecule has 10 nitrogen and oxygen atoms in total. The number of urea groups is 1. The van der Waals surface area contributed by atoms with Crippen LogP contribution in [0.5, 0.6) is 0 Å². The van der Waals surface area contributed by atoms with Gasteiger partial charge >= 0.3 is 12.1 Å². The van der Waals surface area contributed by atoms with E-state index >= 15 is 0 Å². The lowest BCUT2D eigenvalue weighted by molar-refractivity contribution is 0.209. The van der Waals surface area contributed by atoms with Crippen molar-refractivity contribution in [2.75, 3.05) is 11.6 Å². The summed E-state index contributed by atoms with van der Waals surface area (Å²) in [4.78, 5) is 31.6. The Bertz CT molecular complexity index is 1630. The fourth-order valence-electron chi connectivity index (χ4n) is 4.06. The molecule has 3 aromatic carbocycles. The van der Waals surface area contributed by atoms with E-state index in [0.717, 1.165) is 11.8 Å². The molecular formula is C27H25Cl2N5O5S. The fourth-order valence-corrected chi connectivity index (χ4v) is 5.42. The lowest BCUT2D eigenvalue weighted by Gasteiger charge is -2.18. The first-order valence-corrected chi connectivity index (χ1v) is 14.6. The van der Waals surface area contributed by atoms with E-state index in [0.29, 0.717) is 39.8 Å². The molecule has 0 aliphatic rings. The lowest BCUT2D eigenvalue weighted by atomic mass is 10.1. The van der Waals surface area contributed by atoms with Crippen LogP contribution in [0.15, 0.2) is 77.7 Å². The minimum atomic E-state index is -3.54. The Morgan fingerprint density at radius 1 is 1.02 bits per heavy atom. The molecule has 4 rings (SSSR count). The van der Waals surface area contributed by atoms with Crippen LogP contribution in [0, 0.1) is 0 Å². The molecule has 1 atom stereocenters. The molecule has 1 unspecified atom stereocenters. The van der Waals surface area contributed by atoms with E-state index in [1.165, 1.54) is 18.2 Å². The third-order valence-electron chi connectivity index (χ3n) is 5.87. The maximum Gasteiger partial charge on any atom is 0.409 e. The molecule has 0 spiro atoms. The van der Waals surface area contributed by atoms with E-state index in [1.54, 1.807) is 24.3 Å². The third kappa shape index (κ3) is 7.53. The topological polar surface area (TPSA) is 153 Å². The number of sulfone groups is 1. The van der Waals surface area contributed by atoms with Crippen molar-refractivity contribution in [2.24, 2.45) is 0 Å². The highest BCUT2D eigenvalue weighted by Crippen LogP contribution is 2.29. The Kier molecular flexibility index (Phi) is 8.98. The Balaban J connectivity index is 1.56. The number of benzene rings is 3. The van der Waals surface area contributed by atoms with Gasteiger partial charge in [0.2, 0.25) is 0 Å². The second-order valence-electron chi connectivity index (χ2n) is 8.89. The summed E-state index contributed by atoms with van der Waals surface area (Å²) >= 11 is 12.5. The van der Waals surface area contributed by atoms with E-state index in [1.807, 2.05) is 30.3 Å². The summed E-state index contributed by atoms with van der Waals surface area (Å²) < 4.78 is 24.3. The van der Waals surface area contributed by atoms with Gasteiger partial charge in [-0.3, -0.25) is 5.32 Å². The smallest absolute Gasteiger partial charge is 0.409 e. The molecule has 0 saturated heterocycles. The number of halogens is 2. The zero-order valence-electron chi connectivity index (χ0n) is 21.1. The number of hydrogen-bond acceptors (Lipinski definition) is 5. The molecular weight excluding hydrogens is 577 g/mol. The van der Waals surface area contributed by atoms with Crippen LogP contribution in [0.25, 0.3) is 11.3 Å². The Morgan fingerprint density at radius 3 is 2.38 bits per heavy atom. The van der Waals surface area contributed by atoms with Crippen molar-refractivity contribution in [1.82, 2.24) is 20.6 Å². The van der Waals surface area contributed by atoms with Gasteiger partial charge in [0.1, 0.15) is 16.7 Å². The summed E-state index contributed by atoms with van der Waals surface area (Å²) in [6, 6.07) is 19.2. The molecule has 0 saturated carbocycles. The van der Waals surface area contributed by atoms with Gasteiger partial charge < -0.3 is 20.7 Å². The highest BCUT2D eigenvalue weighted by atomic mass is 35.5. The van der Waals surface area contributed by atoms with Crippen molar-refractivity contribution in [3.8, 4) is 11.3 Å². The molecule has 0 bridgehead atoms.